The molecule has 1 atom stereocenters. The minimum absolute atomic E-state index is 0.0203. The predicted octanol–water partition coefficient (Wildman–Crippen LogP) is 3.45. The average molecular weight is 482 g/mol. The van der Waals surface area contributed by atoms with E-state index in [1.165, 1.54) is 30.2 Å². The van der Waals surface area contributed by atoms with Crippen LogP contribution in [0.1, 0.15) is 6.42 Å². The number of halogens is 2. The number of carbonyl (C=O) groups excluding carboxylic acids is 3. The van der Waals surface area contributed by atoms with Crippen molar-refractivity contribution in [3.8, 4) is 5.75 Å². The van der Waals surface area contributed by atoms with Crippen LogP contribution in [0.2, 0.25) is 10.0 Å². The molecule has 0 aromatic heterocycles. The molecule has 0 unspecified atom stereocenters. The lowest BCUT2D eigenvalue weighted by molar-refractivity contribution is -0.384. The van der Waals surface area contributed by atoms with E-state index in [0.717, 1.165) is 0 Å². The molecule has 1 aliphatic heterocycles. The molecule has 0 radical (unpaired) electrons. The van der Waals surface area contributed by atoms with Gasteiger partial charge in [-0.2, -0.15) is 0 Å². The molecule has 2 aromatic carbocycles. The summed E-state index contributed by atoms with van der Waals surface area (Å²) in [7, 11) is 1.32. The molecule has 0 bridgehead atoms. The summed E-state index contributed by atoms with van der Waals surface area (Å²) in [6.07, 6.45) is -0.138. The number of non-ortho nitro benzene ring substituents is 1. The number of esters is 1. The highest BCUT2D eigenvalue weighted by Gasteiger charge is 2.37. The van der Waals surface area contributed by atoms with Crippen molar-refractivity contribution < 1.29 is 28.8 Å². The van der Waals surface area contributed by atoms with Gasteiger partial charge in [-0.1, -0.05) is 29.3 Å². The van der Waals surface area contributed by atoms with Gasteiger partial charge in [-0.05, 0) is 18.2 Å². The standard InChI is InChI=1S/C20H17Cl2N3O7/c1-31-16-8-12(25(29)30)5-6-15(16)24-9-11(7-18(24)27)20(28)32-10-17(26)23-14-4-2-3-13(21)19(14)22/h2-6,8,11H,7,9-10H2,1H3,(H,23,26)/t11-/m0/s1. The van der Waals surface area contributed by atoms with Crippen molar-refractivity contribution in [1.29, 1.82) is 0 Å². The van der Waals surface area contributed by atoms with E-state index >= 15 is 0 Å². The SMILES string of the molecule is COc1cc([N+](=O)[O-])ccc1N1C[C@@H](C(=O)OCC(=O)Nc2cccc(Cl)c2Cl)CC1=O. The molecular weight excluding hydrogens is 465 g/mol. The summed E-state index contributed by atoms with van der Waals surface area (Å²) >= 11 is 11.9. The van der Waals surface area contributed by atoms with Gasteiger partial charge in [0.2, 0.25) is 5.91 Å². The molecule has 2 amide bonds. The number of amides is 2. The molecule has 3 rings (SSSR count). The largest absolute Gasteiger partial charge is 0.494 e. The zero-order chi connectivity index (χ0) is 23.4. The Hall–Kier alpha value is -3.37. The minimum Gasteiger partial charge on any atom is -0.494 e. The first-order valence-electron chi connectivity index (χ1n) is 9.24. The minimum atomic E-state index is -0.815. The highest BCUT2D eigenvalue weighted by atomic mass is 35.5. The number of anilines is 2. The van der Waals surface area contributed by atoms with Gasteiger partial charge in [0.15, 0.2) is 6.61 Å². The summed E-state index contributed by atoms with van der Waals surface area (Å²) < 4.78 is 10.2. The van der Waals surface area contributed by atoms with Gasteiger partial charge >= 0.3 is 5.97 Å². The number of methoxy groups -OCH3 is 1. The van der Waals surface area contributed by atoms with Crippen LogP contribution in [0.15, 0.2) is 36.4 Å². The van der Waals surface area contributed by atoms with E-state index in [-0.39, 0.29) is 46.0 Å². The second-order valence-corrected chi connectivity index (χ2v) is 7.56. The van der Waals surface area contributed by atoms with Gasteiger partial charge in [0.05, 0.1) is 45.4 Å². The molecule has 168 valence electrons. The second kappa shape index (κ2) is 9.84. The fourth-order valence-corrected chi connectivity index (χ4v) is 3.49. The maximum Gasteiger partial charge on any atom is 0.311 e. The summed E-state index contributed by atoms with van der Waals surface area (Å²) in [6.45, 7) is -0.596. The Morgan fingerprint density at radius 1 is 1.28 bits per heavy atom. The van der Waals surface area contributed by atoms with E-state index < -0.39 is 29.3 Å². The van der Waals surface area contributed by atoms with Gasteiger partial charge in [-0.25, -0.2) is 0 Å². The van der Waals surface area contributed by atoms with Crippen molar-refractivity contribution in [2.45, 2.75) is 6.42 Å². The fraction of sp³-hybridized carbons (Fsp3) is 0.250. The Morgan fingerprint density at radius 3 is 2.72 bits per heavy atom. The molecule has 10 nitrogen and oxygen atoms in total. The monoisotopic (exact) mass is 481 g/mol. The molecule has 0 aliphatic carbocycles. The van der Waals surface area contributed by atoms with Crippen LogP contribution in [0.5, 0.6) is 5.75 Å². The Balaban J connectivity index is 1.61. The predicted molar refractivity (Wildman–Crippen MR) is 116 cm³/mol. The molecule has 1 heterocycles. The van der Waals surface area contributed by atoms with Crippen LogP contribution in [0.3, 0.4) is 0 Å². The van der Waals surface area contributed by atoms with E-state index in [4.69, 9.17) is 32.7 Å². The smallest absolute Gasteiger partial charge is 0.311 e. The summed E-state index contributed by atoms with van der Waals surface area (Å²) in [5.74, 6) is -2.42. The van der Waals surface area contributed by atoms with Crippen molar-refractivity contribution >= 4 is 58.0 Å². The molecule has 12 heteroatoms. The first kappa shape index (κ1) is 23.3. The fourth-order valence-electron chi connectivity index (χ4n) is 3.14. The Morgan fingerprint density at radius 2 is 2.03 bits per heavy atom. The van der Waals surface area contributed by atoms with E-state index in [1.807, 2.05) is 0 Å². The second-order valence-electron chi connectivity index (χ2n) is 6.78. The lowest BCUT2D eigenvalue weighted by Gasteiger charge is -2.19. The molecule has 1 fully saturated rings. The van der Waals surface area contributed by atoms with Crippen LogP contribution in [0.4, 0.5) is 17.1 Å². The highest BCUT2D eigenvalue weighted by molar-refractivity contribution is 6.44. The zero-order valence-corrected chi connectivity index (χ0v) is 18.2. The number of rotatable bonds is 7. The lowest BCUT2D eigenvalue weighted by atomic mass is 10.1. The van der Waals surface area contributed by atoms with Crippen molar-refractivity contribution in [1.82, 2.24) is 0 Å². The van der Waals surface area contributed by atoms with Gasteiger partial charge in [-0.3, -0.25) is 24.5 Å². The summed E-state index contributed by atoms with van der Waals surface area (Å²) in [5.41, 5.74) is 0.374. The van der Waals surface area contributed by atoms with Crippen molar-refractivity contribution in [3.63, 3.8) is 0 Å². The van der Waals surface area contributed by atoms with Crippen molar-refractivity contribution in [2.24, 2.45) is 5.92 Å². The quantitative estimate of drug-likeness (QED) is 0.364. The summed E-state index contributed by atoms with van der Waals surface area (Å²) in [4.78, 5) is 48.6. The molecule has 2 aromatic rings. The van der Waals surface area contributed by atoms with Gasteiger partial charge in [0, 0.05) is 19.0 Å². The molecule has 1 aliphatic rings. The maximum absolute atomic E-state index is 12.4. The van der Waals surface area contributed by atoms with Crippen LogP contribution >= 0.6 is 23.2 Å². The third kappa shape index (κ3) is 5.09. The molecule has 0 spiro atoms. The number of nitrogens with zero attached hydrogens (tertiary/aromatic N) is 2. The molecule has 0 saturated carbocycles. The zero-order valence-electron chi connectivity index (χ0n) is 16.7. The number of nitrogens with one attached hydrogen (secondary N) is 1. The normalized spacial score (nSPS) is 15.4. The maximum atomic E-state index is 12.4. The van der Waals surface area contributed by atoms with Crippen LogP contribution in [0.25, 0.3) is 0 Å². The number of nitro groups is 1. The van der Waals surface area contributed by atoms with Crippen LogP contribution < -0.4 is 15.0 Å². The number of nitro benzene ring substituents is 1. The van der Waals surface area contributed by atoms with E-state index in [1.54, 1.807) is 18.2 Å². The third-order valence-electron chi connectivity index (χ3n) is 4.69. The van der Waals surface area contributed by atoms with Gasteiger partial charge in [0.1, 0.15) is 5.75 Å². The Kier molecular flexibility index (Phi) is 7.16. The van der Waals surface area contributed by atoms with E-state index in [0.29, 0.717) is 5.69 Å². The lowest BCUT2D eigenvalue weighted by Crippen LogP contribution is -2.28. The average Bonchev–Trinajstić information content (AvgIpc) is 3.16. The summed E-state index contributed by atoms with van der Waals surface area (Å²) in [6, 6.07) is 8.51. The van der Waals surface area contributed by atoms with Crippen LogP contribution in [-0.2, 0) is 19.1 Å². The van der Waals surface area contributed by atoms with Crippen LogP contribution in [-0.4, -0.2) is 43.0 Å². The van der Waals surface area contributed by atoms with Gasteiger partial charge < -0.3 is 19.7 Å². The number of ether oxygens (including phenoxy) is 2. The topological polar surface area (TPSA) is 128 Å². The third-order valence-corrected chi connectivity index (χ3v) is 5.51. The number of hydrogen-bond acceptors (Lipinski definition) is 7. The number of benzene rings is 2. The van der Waals surface area contributed by atoms with E-state index in [9.17, 15) is 24.5 Å². The summed E-state index contributed by atoms with van der Waals surface area (Å²) in [5, 5.41) is 13.8. The number of hydrogen-bond donors (Lipinski definition) is 1. The van der Waals surface area contributed by atoms with Crippen molar-refractivity contribution in [2.75, 3.05) is 30.5 Å². The molecule has 32 heavy (non-hydrogen) atoms. The van der Waals surface area contributed by atoms with Crippen LogP contribution in [0, 0.1) is 16.0 Å². The van der Waals surface area contributed by atoms with E-state index in [2.05, 4.69) is 5.32 Å². The highest BCUT2D eigenvalue weighted by Crippen LogP contribution is 2.36. The Bertz CT molecular complexity index is 1090. The first-order chi connectivity index (χ1) is 15.2. The van der Waals surface area contributed by atoms with Crippen molar-refractivity contribution in [3.05, 3.63) is 56.6 Å². The van der Waals surface area contributed by atoms with Gasteiger partial charge in [0.25, 0.3) is 11.6 Å². The molecular formula is C20H17Cl2N3O7. The number of carbonyl (C=O) groups is 3. The molecule has 1 N–H and O–H groups in total. The van der Waals surface area contributed by atoms with Gasteiger partial charge in [-0.15, -0.1) is 0 Å². The molecule has 1 saturated heterocycles. The Labute approximate surface area is 192 Å². The first-order valence-corrected chi connectivity index (χ1v) is 10.00.